The van der Waals surface area contributed by atoms with Crippen LogP contribution in [0, 0.1) is 0 Å². The van der Waals surface area contributed by atoms with E-state index in [0.29, 0.717) is 5.75 Å². The second kappa shape index (κ2) is 7.12. The Labute approximate surface area is 117 Å². The minimum atomic E-state index is 0.417. The quantitative estimate of drug-likeness (QED) is 0.819. The monoisotopic (exact) mass is 312 g/mol. The fraction of sp³-hybridized carbons (Fsp3) is 0.571. The molecule has 4 heteroatoms. The van der Waals surface area contributed by atoms with Gasteiger partial charge in [-0.05, 0) is 49.6 Å². The predicted molar refractivity (Wildman–Crippen MR) is 78.1 cm³/mol. The first-order valence-corrected chi connectivity index (χ1v) is 7.45. The summed E-state index contributed by atoms with van der Waals surface area (Å²) in [5, 5.41) is 13.1. The summed E-state index contributed by atoms with van der Waals surface area (Å²) in [5.41, 5.74) is 1.05. The minimum Gasteiger partial charge on any atom is -0.508 e. The van der Waals surface area contributed by atoms with Crippen molar-refractivity contribution >= 4 is 15.9 Å². The van der Waals surface area contributed by atoms with E-state index >= 15 is 0 Å². The van der Waals surface area contributed by atoms with E-state index < -0.39 is 0 Å². The topological polar surface area (TPSA) is 35.5 Å². The summed E-state index contributed by atoms with van der Waals surface area (Å²) in [6.07, 6.45) is 3.29. The van der Waals surface area contributed by atoms with Crippen LogP contribution in [0.5, 0.6) is 5.75 Å². The van der Waals surface area contributed by atoms with Gasteiger partial charge in [-0.3, -0.25) is 0 Å². The van der Waals surface area contributed by atoms with Gasteiger partial charge in [0.2, 0.25) is 0 Å². The van der Waals surface area contributed by atoms with E-state index in [1.165, 1.54) is 26.1 Å². The van der Waals surface area contributed by atoms with Crippen LogP contribution in [-0.4, -0.2) is 42.7 Å². The van der Waals surface area contributed by atoms with Crippen LogP contribution >= 0.6 is 15.9 Å². The van der Waals surface area contributed by atoms with Crippen molar-refractivity contribution in [3.8, 4) is 5.75 Å². The number of benzene rings is 1. The second-order valence-electron chi connectivity index (χ2n) is 4.82. The van der Waals surface area contributed by atoms with E-state index in [1.807, 2.05) is 12.1 Å². The number of aryl methyl sites for hydroxylation is 1. The Bertz CT molecular complexity index is 378. The first kappa shape index (κ1) is 13.8. The highest BCUT2D eigenvalue weighted by atomic mass is 79.9. The third-order valence-electron chi connectivity index (χ3n) is 3.42. The minimum absolute atomic E-state index is 0.417. The Morgan fingerprint density at radius 1 is 1.22 bits per heavy atom. The van der Waals surface area contributed by atoms with Gasteiger partial charge in [-0.25, -0.2) is 0 Å². The molecule has 2 N–H and O–H groups in total. The van der Waals surface area contributed by atoms with Crippen LogP contribution in [0.3, 0.4) is 0 Å². The summed E-state index contributed by atoms with van der Waals surface area (Å²) in [5.74, 6) is 0.417. The van der Waals surface area contributed by atoms with Gasteiger partial charge in [0, 0.05) is 30.7 Å². The lowest BCUT2D eigenvalue weighted by Crippen LogP contribution is -2.43. The molecule has 1 aliphatic heterocycles. The molecule has 1 aliphatic rings. The molecule has 0 aliphatic carbocycles. The molecule has 1 saturated heterocycles. The molecular formula is C14H21BrN2O. The number of phenols is 1. The Balaban J connectivity index is 1.69. The van der Waals surface area contributed by atoms with Gasteiger partial charge in [-0.2, -0.15) is 0 Å². The molecule has 1 aromatic carbocycles. The maximum atomic E-state index is 9.74. The van der Waals surface area contributed by atoms with Crippen LogP contribution in [0.25, 0.3) is 0 Å². The molecule has 0 bridgehead atoms. The number of hydrogen-bond donors (Lipinski definition) is 2. The van der Waals surface area contributed by atoms with Gasteiger partial charge in [-0.1, -0.05) is 15.9 Å². The van der Waals surface area contributed by atoms with Crippen molar-refractivity contribution in [3.05, 3.63) is 28.2 Å². The van der Waals surface area contributed by atoms with Gasteiger partial charge >= 0.3 is 0 Å². The smallest absolute Gasteiger partial charge is 0.118 e. The van der Waals surface area contributed by atoms with Crippen LogP contribution < -0.4 is 5.32 Å². The molecule has 18 heavy (non-hydrogen) atoms. The van der Waals surface area contributed by atoms with Crippen molar-refractivity contribution in [1.29, 1.82) is 0 Å². The highest BCUT2D eigenvalue weighted by Crippen LogP contribution is 2.23. The molecule has 1 aromatic rings. The summed E-state index contributed by atoms with van der Waals surface area (Å²) in [6, 6.07) is 5.65. The van der Waals surface area contributed by atoms with Crippen LogP contribution in [-0.2, 0) is 6.42 Å². The standard InChI is InChI=1S/C14H21BrN2O/c15-13-4-5-14(18)12(11-13)3-1-2-8-17-9-6-16-7-10-17/h4-5,11,16,18H,1-3,6-10H2. The van der Waals surface area contributed by atoms with E-state index in [-0.39, 0.29) is 0 Å². The first-order valence-electron chi connectivity index (χ1n) is 6.66. The number of nitrogens with one attached hydrogen (secondary N) is 1. The van der Waals surface area contributed by atoms with Crippen LogP contribution in [0.2, 0.25) is 0 Å². The number of halogens is 1. The normalized spacial score (nSPS) is 16.9. The summed E-state index contributed by atoms with van der Waals surface area (Å²) in [4.78, 5) is 2.51. The molecule has 2 rings (SSSR count). The van der Waals surface area contributed by atoms with Gasteiger partial charge in [0.1, 0.15) is 5.75 Å². The molecule has 1 fully saturated rings. The summed E-state index contributed by atoms with van der Waals surface area (Å²) >= 11 is 3.44. The second-order valence-corrected chi connectivity index (χ2v) is 5.74. The number of nitrogens with zero attached hydrogens (tertiary/aromatic N) is 1. The van der Waals surface area contributed by atoms with E-state index in [1.54, 1.807) is 6.07 Å². The van der Waals surface area contributed by atoms with Crippen LogP contribution in [0.1, 0.15) is 18.4 Å². The van der Waals surface area contributed by atoms with Crippen molar-refractivity contribution in [2.75, 3.05) is 32.7 Å². The average Bonchev–Trinajstić information content (AvgIpc) is 2.40. The fourth-order valence-corrected chi connectivity index (χ4v) is 2.75. The van der Waals surface area contributed by atoms with E-state index in [9.17, 15) is 5.11 Å². The number of piperazine rings is 1. The molecular weight excluding hydrogens is 292 g/mol. The fourth-order valence-electron chi connectivity index (χ4n) is 2.34. The van der Waals surface area contributed by atoms with Crippen molar-refractivity contribution in [1.82, 2.24) is 10.2 Å². The predicted octanol–water partition coefficient (Wildman–Crippen LogP) is 2.38. The first-order chi connectivity index (χ1) is 8.75. The molecule has 100 valence electrons. The highest BCUT2D eigenvalue weighted by Gasteiger charge is 2.08. The van der Waals surface area contributed by atoms with Gasteiger partial charge in [-0.15, -0.1) is 0 Å². The van der Waals surface area contributed by atoms with Crippen molar-refractivity contribution in [3.63, 3.8) is 0 Å². The SMILES string of the molecule is Oc1ccc(Br)cc1CCCCN1CCNCC1. The zero-order valence-electron chi connectivity index (χ0n) is 10.7. The highest BCUT2D eigenvalue weighted by molar-refractivity contribution is 9.10. The third kappa shape index (κ3) is 4.26. The summed E-state index contributed by atoms with van der Waals surface area (Å²) < 4.78 is 1.04. The molecule has 0 unspecified atom stereocenters. The van der Waals surface area contributed by atoms with Crippen molar-refractivity contribution in [2.24, 2.45) is 0 Å². The molecule has 1 heterocycles. The Kier molecular flexibility index (Phi) is 5.47. The van der Waals surface area contributed by atoms with E-state index in [4.69, 9.17) is 0 Å². The number of hydrogen-bond acceptors (Lipinski definition) is 3. The zero-order valence-corrected chi connectivity index (χ0v) is 12.2. The lowest BCUT2D eigenvalue weighted by atomic mass is 10.1. The van der Waals surface area contributed by atoms with Gasteiger partial charge in [0.25, 0.3) is 0 Å². The summed E-state index contributed by atoms with van der Waals surface area (Å²) in [6.45, 7) is 5.75. The maximum absolute atomic E-state index is 9.74. The Hall–Kier alpha value is -0.580. The van der Waals surface area contributed by atoms with Crippen LogP contribution in [0.15, 0.2) is 22.7 Å². The molecule has 0 atom stereocenters. The number of rotatable bonds is 5. The largest absolute Gasteiger partial charge is 0.508 e. The van der Waals surface area contributed by atoms with Gasteiger partial charge < -0.3 is 15.3 Å². The molecule has 3 nitrogen and oxygen atoms in total. The molecule has 0 radical (unpaired) electrons. The van der Waals surface area contributed by atoms with Crippen LogP contribution in [0.4, 0.5) is 0 Å². The van der Waals surface area contributed by atoms with Gasteiger partial charge in [0.15, 0.2) is 0 Å². The van der Waals surface area contributed by atoms with Crippen molar-refractivity contribution in [2.45, 2.75) is 19.3 Å². The lowest BCUT2D eigenvalue weighted by Gasteiger charge is -2.27. The molecule has 0 spiro atoms. The number of phenolic OH excluding ortho intramolecular Hbond substituents is 1. The molecule has 0 amide bonds. The molecule has 0 aromatic heterocycles. The van der Waals surface area contributed by atoms with E-state index in [2.05, 4.69) is 26.1 Å². The van der Waals surface area contributed by atoms with Crippen molar-refractivity contribution < 1.29 is 5.11 Å². The van der Waals surface area contributed by atoms with Gasteiger partial charge in [0.05, 0.1) is 0 Å². The Morgan fingerprint density at radius 3 is 2.78 bits per heavy atom. The number of unbranched alkanes of at least 4 members (excludes halogenated alkanes) is 1. The number of aromatic hydroxyl groups is 1. The summed E-state index contributed by atoms with van der Waals surface area (Å²) in [7, 11) is 0. The maximum Gasteiger partial charge on any atom is 0.118 e. The average molecular weight is 313 g/mol. The third-order valence-corrected chi connectivity index (χ3v) is 3.91. The Morgan fingerprint density at radius 2 is 2.00 bits per heavy atom. The zero-order chi connectivity index (χ0) is 12.8. The lowest BCUT2D eigenvalue weighted by molar-refractivity contribution is 0.237. The molecule has 0 saturated carbocycles. The van der Waals surface area contributed by atoms with E-state index in [0.717, 1.165) is 36.0 Å².